The number of carbonyl (C=O) groups is 3. The minimum absolute atomic E-state index is 0.159. The van der Waals surface area contributed by atoms with Gasteiger partial charge < -0.3 is 14.8 Å². The molecule has 0 saturated carbocycles. The number of esters is 1. The molecule has 2 aromatic carbocycles. The molecule has 0 aromatic heterocycles. The molecule has 7 nitrogen and oxygen atoms in total. The largest absolute Gasteiger partial charge is 0.497 e. The summed E-state index contributed by atoms with van der Waals surface area (Å²) in [7, 11) is 1.43. The first-order chi connectivity index (χ1) is 14.8. The molecule has 0 fully saturated rings. The van der Waals surface area contributed by atoms with Crippen LogP contribution in [0.25, 0.3) is 0 Å². The number of rotatable bonds is 5. The molecule has 0 unspecified atom stereocenters. The van der Waals surface area contributed by atoms with E-state index in [1.165, 1.54) is 31.4 Å². The molecule has 3 amide bonds. The van der Waals surface area contributed by atoms with E-state index in [-0.39, 0.29) is 23.9 Å². The first kappa shape index (κ1) is 24.5. The Morgan fingerprint density at radius 2 is 1.41 bits per heavy atom. The van der Waals surface area contributed by atoms with Gasteiger partial charge in [-0.1, -0.05) is 0 Å². The van der Waals surface area contributed by atoms with E-state index in [1.807, 2.05) is 0 Å². The molecule has 0 aliphatic rings. The van der Waals surface area contributed by atoms with Crippen LogP contribution in [0.1, 0.15) is 21.5 Å². The number of amides is 3. The number of alkyl halides is 6. The van der Waals surface area contributed by atoms with Crippen molar-refractivity contribution in [2.24, 2.45) is 0 Å². The summed E-state index contributed by atoms with van der Waals surface area (Å²) in [5.74, 6) is -2.29. The summed E-state index contributed by atoms with van der Waals surface area (Å²) in [5, 5.41) is 4.05. The lowest BCUT2D eigenvalue weighted by Crippen LogP contribution is -2.37. The number of halogens is 6. The Labute approximate surface area is 176 Å². The molecule has 0 aliphatic carbocycles. The molecule has 2 aromatic rings. The van der Waals surface area contributed by atoms with E-state index < -0.39 is 53.6 Å². The fraction of sp³-hybridized carbons (Fsp3) is 0.211. The van der Waals surface area contributed by atoms with Crippen LogP contribution < -0.4 is 15.4 Å². The van der Waals surface area contributed by atoms with E-state index in [2.05, 4.69) is 10.1 Å². The van der Waals surface area contributed by atoms with Crippen molar-refractivity contribution in [2.75, 3.05) is 19.0 Å². The number of nitrogens with one attached hydrogen (secondary N) is 2. The van der Waals surface area contributed by atoms with Gasteiger partial charge in [-0.25, -0.2) is 9.59 Å². The first-order valence-electron chi connectivity index (χ1n) is 8.51. The highest BCUT2D eigenvalue weighted by Crippen LogP contribution is 2.36. The number of methoxy groups -OCH3 is 1. The van der Waals surface area contributed by atoms with E-state index in [1.54, 1.807) is 5.32 Å². The lowest BCUT2D eigenvalue weighted by molar-refractivity contribution is -0.143. The summed E-state index contributed by atoms with van der Waals surface area (Å²) in [5.41, 5.74) is -4.23. The van der Waals surface area contributed by atoms with Crippen LogP contribution in [0.15, 0.2) is 42.5 Å². The third kappa shape index (κ3) is 6.89. The maximum absolute atomic E-state index is 12.8. The van der Waals surface area contributed by atoms with Gasteiger partial charge in [0.1, 0.15) is 5.75 Å². The molecular weight excluding hydrogens is 450 g/mol. The van der Waals surface area contributed by atoms with E-state index in [0.717, 1.165) is 0 Å². The van der Waals surface area contributed by atoms with Gasteiger partial charge in [0.15, 0.2) is 6.61 Å². The van der Waals surface area contributed by atoms with Gasteiger partial charge in [0.25, 0.3) is 5.91 Å². The number of hydrogen-bond acceptors (Lipinski definition) is 5. The van der Waals surface area contributed by atoms with Gasteiger partial charge in [-0.2, -0.15) is 26.3 Å². The van der Waals surface area contributed by atoms with Gasteiger partial charge >= 0.3 is 24.4 Å². The molecular formula is C19H14F6N2O5. The average molecular weight is 464 g/mol. The highest BCUT2D eigenvalue weighted by atomic mass is 19.4. The molecule has 0 radical (unpaired) electrons. The normalized spacial score (nSPS) is 11.5. The summed E-state index contributed by atoms with van der Waals surface area (Å²) in [6.07, 6.45) is -10.3. The Hall–Kier alpha value is -3.77. The van der Waals surface area contributed by atoms with Crippen LogP contribution in [0.4, 0.5) is 36.8 Å². The number of imide groups is 1. The van der Waals surface area contributed by atoms with Gasteiger partial charge in [0.2, 0.25) is 0 Å². The number of benzene rings is 2. The Bertz CT molecular complexity index is 970. The number of ether oxygens (including phenoxy) is 2. The molecule has 172 valence electrons. The summed E-state index contributed by atoms with van der Waals surface area (Å²) >= 11 is 0. The maximum atomic E-state index is 12.8. The fourth-order valence-electron chi connectivity index (χ4n) is 2.29. The summed E-state index contributed by atoms with van der Waals surface area (Å²) in [6.45, 7) is -1.13. The van der Waals surface area contributed by atoms with Crippen LogP contribution in [-0.2, 0) is 21.9 Å². The van der Waals surface area contributed by atoms with Crippen molar-refractivity contribution in [3.05, 3.63) is 59.2 Å². The highest BCUT2D eigenvalue weighted by molar-refractivity contribution is 6.02. The smallest absolute Gasteiger partial charge is 0.416 e. The van der Waals surface area contributed by atoms with Crippen LogP contribution in [0, 0.1) is 0 Å². The summed E-state index contributed by atoms with van der Waals surface area (Å²) in [6, 6.07) is 5.08. The van der Waals surface area contributed by atoms with Crippen molar-refractivity contribution >= 4 is 23.6 Å². The van der Waals surface area contributed by atoms with Crippen molar-refractivity contribution in [1.82, 2.24) is 5.32 Å². The second-order valence-electron chi connectivity index (χ2n) is 6.10. The SMILES string of the molecule is COc1ccc(NC(=O)NC(=O)COC(=O)c2cc(C(F)(F)F)cc(C(F)(F)F)c2)cc1. The number of hydrogen-bond donors (Lipinski definition) is 2. The zero-order valence-corrected chi connectivity index (χ0v) is 16.1. The van der Waals surface area contributed by atoms with Crippen molar-refractivity contribution in [3.63, 3.8) is 0 Å². The van der Waals surface area contributed by atoms with Crippen LogP contribution >= 0.6 is 0 Å². The third-order valence-electron chi connectivity index (χ3n) is 3.76. The quantitative estimate of drug-likeness (QED) is 0.510. The molecule has 2 rings (SSSR count). The van der Waals surface area contributed by atoms with Crippen molar-refractivity contribution in [1.29, 1.82) is 0 Å². The molecule has 2 N–H and O–H groups in total. The fourth-order valence-corrected chi connectivity index (χ4v) is 2.29. The first-order valence-corrected chi connectivity index (χ1v) is 8.51. The average Bonchev–Trinajstić information content (AvgIpc) is 2.70. The van der Waals surface area contributed by atoms with Crippen LogP contribution in [0.2, 0.25) is 0 Å². The minimum atomic E-state index is -5.16. The molecule has 0 bridgehead atoms. The number of urea groups is 1. The van der Waals surface area contributed by atoms with Gasteiger partial charge in [0, 0.05) is 5.69 Å². The van der Waals surface area contributed by atoms with Gasteiger partial charge in [-0.3, -0.25) is 10.1 Å². The predicted molar refractivity (Wildman–Crippen MR) is 96.9 cm³/mol. The molecule has 0 spiro atoms. The summed E-state index contributed by atoms with van der Waals surface area (Å²) in [4.78, 5) is 35.3. The molecule has 32 heavy (non-hydrogen) atoms. The number of carbonyl (C=O) groups excluding carboxylic acids is 3. The topological polar surface area (TPSA) is 93.7 Å². The monoisotopic (exact) mass is 464 g/mol. The number of anilines is 1. The van der Waals surface area contributed by atoms with Crippen molar-refractivity contribution < 1.29 is 50.2 Å². The van der Waals surface area contributed by atoms with Gasteiger partial charge in [-0.05, 0) is 42.5 Å². The van der Waals surface area contributed by atoms with E-state index in [9.17, 15) is 40.7 Å². The lowest BCUT2D eigenvalue weighted by atomic mass is 10.0. The lowest BCUT2D eigenvalue weighted by Gasteiger charge is -2.14. The van der Waals surface area contributed by atoms with E-state index in [0.29, 0.717) is 5.75 Å². The zero-order valence-electron chi connectivity index (χ0n) is 16.1. The Morgan fingerprint density at radius 3 is 1.88 bits per heavy atom. The summed E-state index contributed by atoms with van der Waals surface area (Å²) < 4.78 is 86.4. The Morgan fingerprint density at radius 1 is 0.875 bits per heavy atom. The van der Waals surface area contributed by atoms with Crippen LogP contribution in [0.5, 0.6) is 5.75 Å². The third-order valence-corrected chi connectivity index (χ3v) is 3.76. The second-order valence-corrected chi connectivity index (χ2v) is 6.10. The zero-order chi connectivity index (χ0) is 24.1. The molecule has 0 heterocycles. The second kappa shape index (κ2) is 9.58. The van der Waals surface area contributed by atoms with Crippen molar-refractivity contribution in [2.45, 2.75) is 12.4 Å². The maximum Gasteiger partial charge on any atom is 0.416 e. The van der Waals surface area contributed by atoms with Crippen molar-refractivity contribution in [3.8, 4) is 5.75 Å². The highest BCUT2D eigenvalue weighted by Gasteiger charge is 2.37. The molecule has 13 heteroatoms. The minimum Gasteiger partial charge on any atom is -0.497 e. The molecule has 0 aliphatic heterocycles. The van der Waals surface area contributed by atoms with Crippen LogP contribution in [0.3, 0.4) is 0 Å². The van der Waals surface area contributed by atoms with E-state index in [4.69, 9.17) is 4.74 Å². The van der Waals surface area contributed by atoms with E-state index >= 15 is 0 Å². The van der Waals surface area contributed by atoms with Gasteiger partial charge in [0.05, 0.1) is 23.8 Å². The Kier molecular flexibility index (Phi) is 7.33. The predicted octanol–water partition coefficient (Wildman–Crippen LogP) is 4.24. The van der Waals surface area contributed by atoms with Crippen LogP contribution in [-0.4, -0.2) is 31.6 Å². The standard InChI is InChI=1S/C19H14F6N2O5/c1-31-14-4-2-13(3-5-14)26-17(30)27-15(28)9-32-16(29)10-6-11(18(20,21)22)8-12(7-10)19(23,24)25/h2-8H,9H2,1H3,(H2,26,27,28,30). The molecule has 0 saturated heterocycles. The molecule has 0 atom stereocenters. The Balaban J connectivity index is 2.00. The van der Waals surface area contributed by atoms with Gasteiger partial charge in [-0.15, -0.1) is 0 Å².